The zero-order valence-electron chi connectivity index (χ0n) is 13.8. The molecule has 6 nitrogen and oxygen atoms in total. The molecule has 0 aromatic heterocycles. The molecule has 1 heterocycles. The third-order valence-electron chi connectivity index (χ3n) is 3.25. The van der Waals surface area contributed by atoms with Crippen LogP contribution in [0.2, 0.25) is 0 Å². The minimum Gasteiger partial charge on any atom is -0.460 e. The molecule has 0 bridgehead atoms. The number of carbonyl (C=O) groups is 2. The summed E-state index contributed by atoms with van der Waals surface area (Å²) < 4.78 is 5.20. The number of hydrogen-bond acceptors (Lipinski definition) is 5. The SMILES string of the molecule is CN(C)CC1CC(O)CN1C(=O)CCC(=O)OC(C)(C)C. The van der Waals surface area contributed by atoms with Crippen molar-refractivity contribution in [1.82, 2.24) is 9.80 Å². The Balaban J connectivity index is 2.48. The van der Waals surface area contributed by atoms with Gasteiger partial charge in [0.1, 0.15) is 5.60 Å². The second-order valence-electron chi connectivity index (χ2n) is 6.94. The van der Waals surface area contributed by atoms with Crippen LogP contribution in [0.5, 0.6) is 0 Å². The molecule has 2 unspecified atom stereocenters. The number of nitrogens with zero attached hydrogens (tertiary/aromatic N) is 2. The van der Waals surface area contributed by atoms with Gasteiger partial charge in [-0.2, -0.15) is 0 Å². The minimum atomic E-state index is -0.530. The topological polar surface area (TPSA) is 70.1 Å². The average molecular weight is 300 g/mol. The van der Waals surface area contributed by atoms with Gasteiger partial charge in [-0.1, -0.05) is 0 Å². The van der Waals surface area contributed by atoms with Gasteiger partial charge in [0.05, 0.1) is 12.5 Å². The van der Waals surface area contributed by atoms with Gasteiger partial charge in [-0.3, -0.25) is 9.59 Å². The van der Waals surface area contributed by atoms with E-state index in [0.29, 0.717) is 13.0 Å². The molecule has 1 aliphatic heterocycles. The summed E-state index contributed by atoms with van der Waals surface area (Å²) in [4.78, 5) is 27.6. The highest BCUT2D eigenvalue weighted by Gasteiger charge is 2.34. The predicted molar refractivity (Wildman–Crippen MR) is 79.8 cm³/mol. The van der Waals surface area contributed by atoms with E-state index in [1.165, 1.54) is 0 Å². The van der Waals surface area contributed by atoms with Gasteiger partial charge < -0.3 is 19.6 Å². The molecule has 6 heteroatoms. The summed E-state index contributed by atoms with van der Waals surface area (Å²) in [6.07, 6.45) is 0.333. The first kappa shape index (κ1) is 17.9. The maximum absolute atomic E-state index is 12.2. The molecule has 1 saturated heterocycles. The molecule has 1 amide bonds. The van der Waals surface area contributed by atoms with Gasteiger partial charge in [0.25, 0.3) is 0 Å². The van der Waals surface area contributed by atoms with E-state index in [1.807, 2.05) is 19.0 Å². The number of β-amino-alcohol motifs (C(OH)–C–C–N with tert-alkyl or cyclic N) is 1. The number of ether oxygens (including phenoxy) is 1. The van der Waals surface area contributed by atoms with Crippen LogP contribution in [0.3, 0.4) is 0 Å². The fraction of sp³-hybridized carbons (Fsp3) is 0.867. The normalized spacial score (nSPS) is 22.7. The number of carbonyl (C=O) groups excluding carboxylic acids is 2. The van der Waals surface area contributed by atoms with Crippen LogP contribution in [0.1, 0.15) is 40.0 Å². The van der Waals surface area contributed by atoms with Gasteiger partial charge in [-0.25, -0.2) is 0 Å². The number of esters is 1. The Bertz CT molecular complexity index is 376. The quantitative estimate of drug-likeness (QED) is 0.754. The molecule has 0 aromatic rings. The van der Waals surface area contributed by atoms with Crippen molar-refractivity contribution in [2.45, 2.75) is 57.8 Å². The summed E-state index contributed by atoms with van der Waals surface area (Å²) in [7, 11) is 3.88. The van der Waals surface area contributed by atoms with Crippen molar-refractivity contribution in [3.05, 3.63) is 0 Å². The highest BCUT2D eigenvalue weighted by atomic mass is 16.6. The lowest BCUT2D eigenvalue weighted by Gasteiger charge is -2.27. The van der Waals surface area contributed by atoms with Crippen molar-refractivity contribution in [1.29, 1.82) is 0 Å². The zero-order chi connectivity index (χ0) is 16.2. The summed E-state index contributed by atoms with van der Waals surface area (Å²) in [5.74, 6) is -0.455. The van der Waals surface area contributed by atoms with Gasteiger partial charge in [0, 0.05) is 25.6 Å². The molecule has 1 fully saturated rings. The Morgan fingerprint density at radius 2 is 1.90 bits per heavy atom. The van der Waals surface area contributed by atoms with Gasteiger partial charge in [-0.15, -0.1) is 0 Å². The predicted octanol–water partition coefficient (Wildman–Crippen LogP) is 0.632. The molecule has 0 saturated carbocycles. The van der Waals surface area contributed by atoms with Crippen molar-refractivity contribution in [2.75, 3.05) is 27.2 Å². The molecule has 0 radical (unpaired) electrons. The van der Waals surface area contributed by atoms with E-state index in [1.54, 1.807) is 25.7 Å². The first-order chi connectivity index (χ1) is 9.58. The number of likely N-dealkylation sites (tertiary alicyclic amines) is 1. The Hall–Kier alpha value is -1.14. The summed E-state index contributed by atoms with van der Waals surface area (Å²) in [6, 6.07) is 0.0149. The van der Waals surface area contributed by atoms with Crippen LogP contribution in [0, 0.1) is 0 Å². The molecule has 122 valence electrons. The van der Waals surface area contributed by atoms with Crippen LogP contribution in [0.15, 0.2) is 0 Å². The van der Waals surface area contributed by atoms with Crippen molar-refractivity contribution >= 4 is 11.9 Å². The average Bonchev–Trinajstić information content (AvgIpc) is 2.64. The van der Waals surface area contributed by atoms with E-state index in [9.17, 15) is 14.7 Å². The van der Waals surface area contributed by atoms with Crippen LogP contribution in [-0.4, -0.2) is 71.7 Å². The van der Waals surface area contributed by atoms with E-state index >= 15 is 0 Å². The minimum absolute atomic E-state index is 0.0149. The largest absolute Gasteiger partial charge is 0.460 e. The fourth-order valence-electron chi connectivity index (χ4n) is 2.54. The van der Waals surface area contributed by atoms with Crippen LogP contribution in [-0.2, 0) is 14.3 Å². The molecule has 1 N–H and O–H groups in total. The summed E-state index contributed by atoms with van der Waals surface area (Å²) in [5.41, 5.74) is -0.530. The van der Waals surface area contributed by atoms with Gasteiger partial charge in [0.15, 0.2) is 0 Å². The number of amides is 1. The standard InChI is InChI=1S/C15H28N2O4/c1-15(2,3)21-14(20)7-6-13(19)17-10-12(18)8-11(17)9-16(4)5/h11-12,18H,6-10H2,1-5H3. The van der Waals surface area contributed by atoms with Crippen LogP contribution in [0.4, 0.5) is 0 Å². The van der Waals surface area contributed by atoms with E-state index in [2.05, 4.69) is 0 Å². The second kappa shape index (κ2) is 7.22. The molecule has 1 aliphatic rings. The molecule has 2 atom stereocenters. The van der Waals surface area contributed by atoms with Crippen molar-refractivity contribution in [2.24, 2.45) is 0 Å². The maximum atomic E-state index is 12.2. The molecule has 0 aliphatic carbocycles. The van der Waals surface area contributed by atoms with Gasteiger partial charge in [-0.05, 0) is 41.3 Å². The van der Waals surface area contributed by atoms with Crippen molar-refractivity contribution in [3.63, 3.8) is 0 Å². The van der Waals surface area contributed by atoms with Gasteiger partial charge >= 0.3 is 5.97 Å². The Kier molecular flexibility index (Phi) is 6.16. The number of hydrogen-bond donors (Lipinski definition) is 1. The smallest absolute Gasteiger partial charge is 0.306 e. The maximum Gasteiger partial charge on any atom is 0.306 e. The van der Waals surface area contributed by atoms with E-state index in [0.717, 1.165) is 6.54 Å². The van der Waals surface area contributed by atoms with Crippen molar-refractivity contribution < 1.29 is 19.4 Å². The molecule has 0 spiro atoms. The molecular weight excluding hydrogens is 272 g/mol. The lowest BCUT2D eigenvalue weighted by molar-refractivity contribution is -0.156. The number of aliphatic hydroxyl groups excluding tert-OH is 1. The molecule has 21 heavy (non-hydrogen) atoms. The lowest BCUT2D eigenvalue weighted by Crippen LogP contribution is -2.41. The highest BCUT2D eigenvalue weighted by molar-refractivity contribution is 5.82. The lowest BCUT2D eigenvalue weighted by atomic mass is 10.1. The van der Waals surface area contributed by atoms with Crippen LogP contribution >= 0.6 is 0 Å². The first-order valence-corrected chi connectivity index (χ1v) is 7.42. The molecule has 0 aromatic carbocycles. The Morgan fingerprint density at radius 1 is 1.29 bits per heavy atom. The fourth-order valence-corrected chi connectivity index (χ4v) is 2.54. The summed E-state index contributed by atoms with van der Waals surface area (Å²) >= 11 is 0. The Labute approximate surface area is 127 Å². The third kappa shape index (κ3) is 6.44. The van der Waals surface area contributed by atoms with Gasteiger partial charge in [0.2, 0.25) is 5.91 Å². The highest BCUT2D eigenvalue weighted by Crippen LogP contribution is 2.20. The summed E-state index contributed by atoms with van der Waals surface area (Å²) in [5, 5.41) is 9.76. The van der Waals surface area contributed by atoms with Crippen LogP contribution < -0.4 is 0 Å². The number of aliphatic hydroxyl groups is 1. The zero-order valence-corrected chi connectivity index (χ0v) is 13.8. The van der Waals surface area contributed by atoms with Crippen molar-refractivity contribution in [3.8, 4) is 0 Å². The second-order valence-corrected chi connectivity index (χ2v) is 6.94. The Morgan fingerprint density at radius 3 is 2.43 bits per heavy atom. The molecular formula is C15H28N2O4. The van der Waals surface area contributed by atoms with E-state index in [-0.39, 0.29) is 30.8 Å². The van der Waals surface area contributed by atoms with E-state index < -0.39 is 11.7 Å². The van der Waals surface area contributed by atoms with Crippen LogP contribution in [0.25, 0.3) is 0 Å². The van der Waals surface area contributed by atoms with E-state index in [4.69, 9.17) is 4.74 Å². The number of likely N-dealkylation sites (N-methyl/N-ethyl adjacent to an activating group) is 1. The first-order valence-electron chi connectivity index (χ1n) is 7.42. The monoisotopic (exact) mass is 300 g/mol. The third-order valence-corrected chi connectivity index (χ3v) is 3.25. The molecule has 1 rings (SSSR count). The number of rotatable bonds is 5. The summed E-state index contributed by atoms with van der Waals surface area (Å²) in [6.45, 7) is 6.48.